The van der Waals surface area contributed by atoms with Crippen molar-refractivity contribution in [2.24, 2.45) is 5.10 Å². The molecule has 2 N–H and O–H groups in total. The van der Waals surface area contributed by atoms with Gasteiger partial charge in [-0.15, -0.1) is 0 Å². The third-order valence-electron chi connectivity index (χ3n) is 3.11. The van der Waals surface area contributed by atoms with Gasteiger partial charge in [0.05, 0.1) is 19.4 Å². The third kappa shape index (κ3) is 6.27. The van der Waals surface area contributed by atoms with Crippen LogP contribution in [0.25, 0.3) is 0 Å². The number of nitrogens with zero attached hydrogens (tertiary/aromatic N) is 1. The van der Waals surface area contributed by atoms with Crippen LogP contribution in [-0.4, -0.2) is 31.2 Å². The average molecular weight is 360 g/mol. The van der Waals surface area contributed by atoms with Crippen molar-refractivity contribution in [2.45, 2.75) is 6.92 Å². The molecule has 6 nitrogen and oxygen atoms in total. The number of rotatable bonds is 7. The zero-order valence-corrected chi connectivity index (χ0v) is 14.4. The van der Waals surface area contributed by atoms with E-state index in [2.05, 4.69) is 15.8 Å². The van der Waals surface area contributed by atoms with E-state index in [4.69, 9.17) is 16.3 Å². The highest BCUT2D eigenvalue weighted by Crippen LogP contribution is 2.11. The lowest BCUT2D eigenvalue weighted by Gasteiger charge is -2.06. The van der Waals surface area contributed by atoms with Gasteiger partial charge in [-0.1, -0.05) is 23.7 Å². The second-order valence-electron chi connectivity index (χ2n) is 4.98. The predicted molar refractivity (Wildman–Crippen MR) is 97.1 cm³/mol. The van der Waals surface area contributed by atoms with E-state index in [9.17, 15) is 9.59 Å². The van der Waals surface area contributed by atoms with Gasteiger partial charge in [0.15, 0.2) is 0 Å². The van der Waals surface area contributed by atoms with E-state index in [-0.39, 0.29) is 12.5 Å². The third-order valence-corrected chi connectivity index (χ3v) is 3.36. The molecule has 0 aliphatic rings. The van der Waals surface area contributed by atoms with Gasteiger partial charge in [-0.25, -0.2) is 5.43 Å². The first-order chi connectivity index (χ1) is 12.1. The molecule has 2 aromatic rings. The fraction of sp³-hybridized carbons (Fsp3) is 0.167. The van der Waals surface area contributed by atoms with Crippen molar-refractivity contribution in [2.75, 3.05) is 13.2 Å². The summed E-state index contributed by atoms with van der Waals surface area (Å²) in [6.07, 6.45) is 1.49. The molecule has 0 aliphatic carbocycles. The normalized spacial score (nSPS) is 10.5. The Hall–Kier alpha value is -2.86. The number of benzene rings is 2. The molecule has 2 rings (SSSR count). The van der Waals surface area contributed by atoms with Crippen LogP contribution in [0.1, 0.15) is 22.8 Å². The van der Waals surface area contributed by atoms with Crippen molar-refractivity contribution in [3.63, 3.8) is 0 Å². The maximum absolute atomic E-state index is 12.0. The van der Waals surface area contributed by atoms with Crippen LogP contribution in [0.15, 0.2) is 53.6 Å². The molecule has 0 saturated heterocycles. The molecule has 0 aliphatic heterocycles. The minimum Gasteiger partial charge on any atom is -0.494 e. The van der Waals surface area contributed by atoms with E-state index < -0.39 is 5.91 Å². The average Bonchev–Trinajstić information content (AvgIpc) is 2.62. The maximum atomic E-state index is 12.0. The Balaban J connectivity index is 1.77. The number of amides is 2. The van der Waals surface area contributed by atoms with E-state index in [1.807, 2.05) is 6.92 Å². The second-order valence-corrected chi connectivity index (χ2v) is 5.42. The molecular formula is C18H18ClN3O3. The number of halogens is 1. The highest BCUT2D eigenvalue weighted by molar-refractivity contribution is 6.30. The molecule has 0 radical (unpaired) electrons. The monoisotopic (exact) mass is 359 g/mol. The van der Waals surface area contributed by atoms with Gasteiger partial charge < -0.3 is 10.1 Å². The van der Waals surface area contributed by atoms with Crippen molar-refractivity contribution in [3.05, 3.63) is 64.7 Å². The van der Waals surface area contributed by atoms with Crippen LogP contribution in [0.2, 0.25) is 5.02 Å². The van der Waals surface area contributed by atoms with Crippen molar-refractivity contribution in [3.8, 4) is 5.75 Å². The number of carbonyl (C=O) groups excluding carboxylic acids is 2. The summed E-state index contributed by atoms with van der Waals surface area (Å²) in [6.45, 7) is 2.26. The van der Waals surface area contributed by atoms with Crippen molar-refractivity contribution < 1.29 is 14.3 Å². The zero-order chi connectivity index (χ0) is 18.1. The van der Waals surface area contributed by atoms with Crippen molar-refractivity contribution in [1.29, 1.82) is 0 Å². The molecule has 2 aromatic carbocycles. The van der Waals surface area contributed by atoms with Gasteiger partial charge >= 0.3 is 0 Å². The van der Waals surface area contributed by atoms with Gasteiger partial charge in [0, 0.05) is 10.6 Å². The van der Waals surface area contributed by atoms with Crippen LogP contribution in [0.4, 0.5) is 0 Å². The first-order valence-electron chi connectivity index (χ1n) is 7.67. The first kappa shape index (κ1) is 18.5. The Morgan fingerprint density at radius 2 is 1.80 bits per heavy atom. The first-order valence-corrected chi connectivity index (χ1v) is 8.05. The van der Waals surface area contributed by atoms with Gasteiger partial charge in [-0.3, -0.25) is 9.59 Å². The SMILES string of the molecule is CCOc1ccc(C(=O)NCC(=O)NN=Cc2ccc(Cl)cc2)cc1. The molecule has 0 fully saturated rings. The summed E-state index contributed by atoms with van der Waals surface area (Å²) in [4.78, 5) is 23.6. The standard InChI is InChI=1S/C18H18ClN3O3/c1-2-25-16-9-5-14(6-10-16)18(24)20-12-17(23)22-21-11-13-3-7-15(19)8-4-13/h3-11H,2,12H2,1H3,(H,20,24)(H,22,23). The summed E-state index contributed by atoms with van der Waals surface area (Å²) in [5, 5.41) is 6.97. The maximum Gasteiger partial charge on any atom is 0.259 e. The number of ether oxygens (including phenoxy) is 1. The Labute approximate surface area is 150 Å². The summed E-state index contributed by atoms with van der Waals surface area (Å²) < 4.78 is 5.31. The quantitative estimate of drug-likeness (QED) is 0.589. The van der Waals surface area contributed by atoms with Gasteiger partial charge in [0.25, 0.3) is 11.8 Å². The number of nitrogens with one attached hydrogen (secondary N) is 2. The molecule has 25 heavy (non-hydrogen) atoms. The molecule has 130 valence electrons. The molecule has 0 aromatic heterocycles. The van der Waals surface area contributed by atoms with Crippen LogP contribution < -0.4 is 15.5 Å². The summed E-state index contributed by atoms with van der Waals surface area (Å²) in [7, 11) is 0. The van der Waals surface area contributed by atoms with Crippen molar-refractivity contribution >= 4 is 29.6 Å². The summed E-state index contributed by atoms with van der Waals surface area (Å²) >= 11 is 5.78. The molecule has 0 unspecified atom stereocenters. The van der Waals surface area contributed by atoms with Crippen LogP contribution in [0.3, 0.4) is 0 Å². The summed E-state index contributed by atoms with van der Waals surface area (Å²) in [5.74, 6) is -0.0855. The fourth-order valence-electron chi connectivity index (χ4n) is 1.90. The van der Waals surface area contributed by atoms with Gasteiger partial charge in [0.1, 0.15) is 5.75 Å². The second kappa shape index (κ2) is 9.44. The summed E-state index contributed by atoms with van der Waals surface area (Å²) in [5.41, 5.74) is 3.58. The van der Waals surface area contributed by atoms with Gasteiger partial charge in [-0.05, 0) is 48.9 Å². The van der Waals surface area contributed by atoms with Crippen LogP contribution in [-0.2, 0) is 4.79 Å². The predicted octanol–water partition coefficient (Wildman–Crippen LogP) is 2.62. The lowest BCUT2D eigenvalue weighted by Crippen LogP contribution is -2.34. The minimum absolute atomic E-state index is 0.177. The van der Waals surface area contributed by atoms with Gasteiger partial charge in [-0.2, -0.15) is 5.10 Å². The lowest BCUT2D eigenvalue weighted by atomic mass is 10.2. The number of hydrogen-bond acceptors (Lipinski definition) is 4. The molecule has 0 saturated carbocycles. The van der Waals surface area contributed by atoms with E-state index in [1.54, 1.807) is 48.5 Å². The van der Waals surface area contributed by atoms with E-state index in [1.165, 1.54) is 6.21 Å². The highest BCUT2D eigenvalue weighted by atomic mass is 35.5. The topological polar surface area (TPSA) is 79.8 Å². The largest absolute Gasteiger partial charge is 0.494 e. The molecule has 0 bridgehead atoms. The summed E-state index contributed by atoms with van der Waals surface area (Å²) in [6, 6.07) is 13.7. The van der Waals surface area contributed by atoms with Gasteiger partial charge in [0.2, 0.25) is 0 Å². The van der Waals surface area contributed by atoms with Crippen LogP contribution >= 0.6 is 11.6 Å². The zero-order valence-electron chi connectivity index (χ0n) is 13.7. The number of hydrazone groups is 1. The van der Waals surface area contributed by atoms with Crippen LogP contribution in [0.5, 0.6) is 5.75 Å². The Kier molecular flexibility index (Phi) is 6.98. The molecule has 7 heteroatoms. The van der Waals surface area contributed by atoms with E-state index >= 15 is 0 Å². The lowest BCUT2D eigenvalue weighted by molar-refractivity contribution is -0.120. The Bertz CT molecular complexity index is 743. The fourth-order valence-corrected chi connectivity index (χ4v) is 2.02. The number of carbonyl (C=O) groups is 2. The molecule has 0 atom stereocenters. The van der Waals surface area contributed by atoms with E-state index in [0.29, 0.717) is 22.9 Å². The smallest absolute Gasteiger partial charge is 0.259 e. The van der Waals surface area contributed by atoms with Crippen LogP contribution in [0, 0.1) is 0 Å². The van der Waals surface area contributed by atoms with Crippen molar-refractivity contribution in [1.82, 2.24) is 10.7 Å². The minimum atomic E-state index is -0.426. The Morgan fingerprint density at radius 3 is 2.44 bits per heavy atom. The van der Waals surface area contributed by atoms with E-state index in [0.717, 1.165) is 5.56 Å². The Morgan fingerprint density at radius 1 is 1.12 bits per heavy atom. The highest BCUT2D eigenvalue weighted by Gasteiger charge is 2.07. The molecule has 0 spiro atoms. The molecule has 0 heterocycles. The number of hydrogen-bond donors (Lipinski definition) is 2. The molecule has 2 amide bonds. The molecular weight excluding hydrogens is 342 g/mol.